The van der Waals surface area contributed by atoms with E-state index in [9.17, 15) is 14.7 Å². The third-order valence-electron chi connectivity index (χ3n) is 4.37. The maximum atomic E-state index is 12.2. The number of amides is 2. The molecule has 0 atom stereocenters. The Morgan fingerprint density at radius 2 is 1.94 bits per heavy atom. The van der Waals surface area contributed by atoms with E-state index in [1.807, 2.05) is 7.05 Å². The molecule has 3 N–H and O–H groups in total. The number of nitrogens with one attached hydrogen (secondary N) is 2. The summed E-state index contributed by atoms with van der Waals surface area (Å²) >= 11 is 1.26. The smallest absolute Gasteiger partial charge is 0.251 e. The molecule has 1 heterocycles. The summed E-state index contributed by atoms with van der Waals surface area (Å²) in [5, 5.41) is 23.9. The maximum absolute atomic E-state index is 12.2. The fourth-order valence-electron chi connectivity index (χ4n) is 2.73. The summed E-state index contributed by atoms with van der Waals surface area (Å²) in [4.78, 5) is 24.3. The molecule has 9 nitrogen and oxygen atoms in total. The van der Waals surface area contributed by atoms with Crippen LogP contribution in [0.1, 0.15) is 16.2 Å². The number of ether oxygens (including phenoxy) is 1. The minimum Gasteiger partial charge on any atom is -0.508 e. The number of phenols is 1. The number of thioether (sulfide) groups is 1. The summed E-state index contributed by atoms with van der Waals surface area (Å²) in [6.45, 7) is 0.402. The molecule has 0 aliphatic rings. The van der Waals surface area contributed by atoms with Crippen molar-refractivity contribution in [1.82, 2.24) is 20.1 Å². The highest BCUT2D eigenvalue weighted by Gasteiger charge is 2.12. The van der Waals surface area contributed by atoms with E-state index < -0.39 is 0 Å². The van der Waals surface area contributed by atoms with Gasteiger partial charge in [-0.05, 0) is 36.4 Å². The number of anilines is 1. The fourth-order valence-corrected chi connectivity index (χ4v) is 3.46. The molecule has 0 aliphatic heterocycles. The number of aromatic nitrogens is 3. The second kappa shape index (κ2) is 10.5. The number of hydrogen-bond donors (Lipinski definition) is 3. The van der Waals surface area contributed by atoms with Gasteiger partial charge in [-0.3, -0.25) is 9.59 Å². The van der Waals surface area contributed by atoms with E-state index in [-0.39, 0.29) is 23.3 Å². The molecule has 0 fully saturated rings. The molecule has 31 heavy (non-hydrogen) atoms. The Morgan fingerprint density at radius 1 is 1.16 bits per heavy atom. The standard InChI is InChI=1S/C21H23N5O4S/c1-26-18(10-11-22-20(29)14-6-8-17(30-2)9-7-14)24-25-21(26)31-13-19(28)23-15-4-3-5-16(27)12-15/h3-9,12,27H,10-11,13H2,1-2H3,(H,22,29)(H,23,28). The minimum atomic E-state index is -0.216. The van der Waals surface area contributed by atoms with Crippen LogP contribution < -0.4 is 15.4 Å². The highest BCUT2D eigenvalue weighted by molar-refractivity contribution is 7.99. The number of carbonyl (C=O) groups is 2. The van der Waals surface area contributed by atoms with Gasteiger partial charge in [0, 0.05) is 37.3 Å². The van der Waals surface area contributed by atoms with Crippen molar-refractivity contribution in [3.63, 3.8) is 0 Å². The summed E-state index contributed by atoms with van der Waals surface area (Å²) in [7, 11) is 3.39. The number of rotatable bonds is 9. The highest BCUT2D eigenvalue weighted by Crippen LogP contribution is 2.18. The molecule has 1 aromatic heterocycles. The first-order chi connectivity index (χ1) is 15.0. The van der Waals surface area contributed by atoms with Gasteiger partial charge < -0.3 is 25.0 Å². The van der Waals surface area contributed by atoms with Gasteiger partial charge in [-0.1, -0.05) is 17.8 Å². The third kappa shape index (κ3) is 6.22. The summed E-state index contributed by atoms with van der Waals surface area (Å²) < 4.78 is 6.88. The summed E-state index contributed by atoms with van der Waals surface area (Å²) in [6, 6.07) is 13.2. The Balaban J connectivity index is 1.46. The normalized spacial score (nSPS) is 10.5. The Labute approximate surface area is 183 Å². The largest absolute Gasteiger partial charge is 0.508 e. The number of carbonyl (C=O) groups excluding carboxylic acids is 2. The Bertz CT molecular complexity index is 1050. The molecule has 10 heteroatoms. The fraction of sp³-hybridized carbons (Fsp3) is 0.238. The van der Waals surface area contributed by atoms with Crippen molar-refractivity contribution in [1.29, 1.82) is 0 Å². The molecule has 0 saturated carbocycles. The van der Waals surface area contributed by atoms with Crippen LogP contribution in [0.15, 0.2) is 53.7 Å². The molecule has 0 aliphatic carbocycles. The molecule has 162 valence electrons. The van der Waals surface area contributed by atoms with Gasteiger partial charge in [0.25, 0.3) is 5.91 Å². The number of aromatic hydroxyl groups is 1. The van der Waals surface area contributed by atoms with E-state index in [1.54, 1.807) is 48.1 Å². The van der Waals surface area contributed by atoms with Crippen LogP contribution in [0.3, 0.4) is 0 Å². The van der Waals surface area contributed by atoms with Crippen molar-refractivity contribution in [2.45, 2.75) is 11.6 Å². The van der Waals surface area contributed by atoms with Crippen molar-refractivity contribution in [2.75, 3.05) is 24.7 Å². The summed E-state index contributed by atoms with van der Waals surface area (Å²) in [6.07, 6.45) is 0.501. The van der Waals surface area contributed by atoms with Crippen LogP contribution in [-0.2, 0) is 18.3 Å². The van der Waals surface area contributed by atoms with Crippen molar-refractivity contribution < 1.29 is 19.4 Å². The van der Waals surface area contributed by atoms with E-state index in [4.69, 9.17) is 4.74 Å². The lowest BCUT2D eigenvalue weighted by Gasteiger charge is -2.07. The molecule has 0 saturated heterocycles. The van der Waals surface area contributed by atoms with Gasteiger partial charge >= 0.3 is 0 Å². The predicted molar refractivity (Wildman–Crippen MR) is 117 cm³/mol. The number of methoxy groups -OCH3 is 1. The molecule has 0 bridgehead atoms. The zero-order chi connectivity index (χ0) is 22.2. The zero-order valence-corrected chi connectivity index (χ0v) is 18.0. The third-order valence-corrected chi connectivity index (χ3v) is 5.39. The van der Waals surface area contributed by atoms with Crippen molar-refractivity contribution in [2.24, 2.45) is 7.05 Å². The molecule has 0 spiro atoms. The molecule has 2 amide bonds. The van der Waals surface area contributed by atoms with Crippen LogP contribution in [0.4, 0.5) is 5.69 Å². The summed E-state index contributed by atoms with van der Waals surface area (Å²) in [5.74, 6) is 1.23. The Hall–Kier alpha value is -3.53. The lowest BCUT2D eigenvalue weighted by atomic mass is 10.2. The van der Waals surface area contributed by atoms with E-state index >= 15 is 0 Å². The van der Waals surface area contributed by atoms with Crippen LogP contribution in [-0.4, -0.2) is 51.1 Å². The first-order valence-electron chi connectivity index (χ1n) is 9.48. The average Bonchev–Trinajstić information content (AvgIpc) is 3.11. The van der Waals surface area contributed by atoms with Gasteiger partial charge in [0.1, 0.15) is 17.3 Å². The average molecular weight is 442 g/mol. The maximum Gasteiger partial charge on any atom is 0.251 e. The molecule has 3 aromatic rings. The van der Waals surface area contributed by atoms with Gasteiger partial charge in [0.2, 0.25) is 5.91 Å². The second-order valence-electron chi connectivity index (χ2n) is 6.58. The quantitative estimate of drug-likeness (QED) is 0.436. The SMILES string of the molecule is COc1ccc(C(=O)NCCc2nnc(SCC(=O)Nc3cccc(O)c3)n2C)cc1. The minimum absolute atomic E-state index is 0.0856. The van der Waals surface area contributed by atoms with Crippen LogP contribution in [0.2, 0.25) is 0 Å². The van der Waals surface area contributed by atoms with Gasteiger partial charge in [-0.15, -0.1) is 10.2 Å². The molecule has 0 unspecified atom stereocenters. The van der Waals surface area contributed by atoms with E-state index in [2.05, 4.69) is 20.8 Å². The lowest BCUT2D eigenvalue weighted by Crippen LogP contribution is -2.26. The Kier molecular flexibility index (Phi) is 7.50. The first-order valence-corrected chi connectivity index (χ1v) is 10.5. The van der Waals surface area contributed by atoms with Gasteiger partial charge in [-0.2, -0.15) is 0 Å². The first kappa shape index (κ1) is 22.2. The van der Waals surface area contributed by atoms with Crippen LogP contribution in [0, 0.1) is 0 Å². The van der Waals surface area contributed by atoms with Crippen molar-refractivity contribution in [3.8, 4) is 11.5 Å². The predicted octanol–water partition coefficient (Wildman–Crippen LogP) is 2.23. The summed E-state index contributed by atoms with van der Waals surface area (Å²) in [5.41, 5.74) is 1.07. The number of benzene rings is 2. The molecular formula is C21H23N5O4S. The van der Waals surface area contributed by atoms with Crippen molar-refractivity contribution in [3.05, 3.63) is 59.9 Å². The Morgan fingerprint density at radius 3 is 2.65 bits per heavy atom. The number of phenolic OH excluding ortho intramolecular Hbond substituents is 1. The van der Waals surface area contributed by atoms with Crippen molar-refractivity contribution >= 4 is 29.3 Å². The highest BCUT2D eigenvalue weighted by atomic mass is 32.2. The van der Waals surface area contributed by atoms with E-state index in [0.717, 1.165) is 0 Å². The van der Waals surface area contributed by atoms with Gasteiger partial charge in [0.15, 0.2) is 5.16 Å². The van der Waals surface area contributed by atoms with Crippen LogP contribution in [0.25, 0.3) is 0 Å². The molecule has 2 aromatic carbocycles. The number of nitrogens with zero attached hydrogens (tertiary/aromatic N) is 3. The van der Waals surface area contributed by atoms with Crippen LogP contribution >= 0.6 is 11.8 Å². The topological polar surface area (TPSA) is 118 Å². The molecular weight excluding hydrogens is 418 g/mol. The van der Waals surface area contributed by atoms with Gasteiger partial charge in [0.05, 0.1) is 12.9 Å². The zero-order valence-electron chi connectivity index (χ0n) is 17.2. The van der Waals surface area contributed by atoms with E-state index in [1.165, 1.54) is 23.9 Å². The molecule has 3 rings (SSSR count). The molecule has 0 radical (unpaired) electrons. The number of hydrogen-bond acceptors (Lipinski definition) is 7. The van der Waals surface area contributed by atoms with Crippen LogP contribution in [0.5, 0.6) is 11.5 Å². The van der Waals surface area contributed by atoms with Gasteiger partial charge in [-0.25, -0.2) is 0 Å². The van der Waals surface area contributed by atoms with E-state index in [0.29, 0.717) is 40.9 Å². The lowest BCUT2D eigenvalue weighted by molar-refractivity contribution is -0.113. The second-order valence-corrected chi connectivity index (χ2v) is 7.52. The monoisotopic (exact) mass is 441 g/mol.